The number of nitrogens with one attached hydrogen (secondary N) is 3. The first-order valence-electron chi connectivity index (χ1n) is 9.39. The molecule has 5 nitrogen and oxygen atoms in total. The zero-order valence-electron chi connectivity index (χ0n) is 15.6. The molecule has 0 fully saturated rings. The zero-order chi connectivity index (χ0) is 20.0. The lowest BCUT2D eigenvalue weighted by Crippen LogP contribution is -2.13. The van der Waals surface area contributed by atoms with Crippen LogP contribution >= 0.6 is 11.6 Å². The zero-order valence-corrected chi connectivity index (χ0v) is 16.3. The monoisotopic (exact) mass is 402 g/mol. The van der Waals surface area contributed by atoms with Crippen molar-refractivity contribution >= 4 is 39.8 Å². The van der Waals surface area contributed by atoms with Crippen molar-refractivity contribution in [3.63, 3.8) is 0 Å². The topological polar surface area (TPSA) is 82.9 Å². The Labute approximate surface area is 172 Å². The molecule has 5 rings (SSSR count). The van der Waals surface area contributed by atoms with Crippen LogP contribution in [0.15, 0.2) is 60.7 Å². The molecule has 1 amide bonds. The van der Waals surface area contributed by atoms with E-state index in [2.05, 4.69) is 39.9 Å². The van der Waals surface area contributed by atoms with E-state index >= 15 is 0 Å². The lowest BCUT2D eigenvalue weighted by Gasteiger charge is -2.07. The molecular formula is C23H19ClN4O. The molecule has 0 unspecified atom stereocenters. The van der Waals surface area contributed by atoms with Gasteiger partial charge in [-0.25, -0.2) is 0 Å². The molecule has 5 N–H and O–H groups in total. The minimum absolute atomic E-state index is 0.0791. The van der Waals surface area contributed by atoms with Crippen molar-refractivity contribution in [3.05, 3.63) is 82.4 Å². The predicted molar refractivity (Wildman–Crippen MR) is 118 cm³/mol. The van der Waals surface area contributed by atoms with E-state index in [1.54, 1.807) is 0 Å². The molecule has 0 spiro atoms. The van der Waals surface area contributed by atoms with Gasteiger partial charge in [0.05, 0.1) is 5.56 Å². The van der Waals surface area contributed by atoms with Crippen molar-refractivity contribution in [2.45, 2.75) is 13.1 Å². The van der Waals surface area contributed by atoms with E-state index in [4.69, 9.17) is 17.3 Å². The number of rotatable bonds is 4. The number of aromatic amines is 1. The van der Waals surface area contributed by atoms with Gasteiger partial charge in [0.15, 0.2) is 0 Å². The van der Waals surface area contributed by atoms with Crippen LogP contribution in [0.5, 0.6) is 0 Å². The fourth-order valence-electron chi connectivity index (χ4n) is 3.78. The van der Waals surface area contributed by atoms with Gasteiger partial charge in [-0.05, 0) is 54.1 Å². The molecule has 3 aromatic carbocycles. The number of nitrogen functional groups attached to an aromatic ring is 1. The molecule has 1 aliphatic rings. The van der Waals surface area contributed by atoms with Crippen LogP contribution in [0.2, 0.25) is 5.02 Å². The third-order valence-corrected chi connectivity index (χ3v) is 5.65. The third-order valence-electron chi connectivity index (χ3n) is 5.29. The van der Waals surface area contributed by atoms with E-state index in [9.17, 15) is 4.79 Å². The van der Waals surface area contributed by atoms with Crippen LogP contribution in [0, 0.1) is 0 Å². The lowest BCUT2D eigenvalue weighted by atomic mass is 10.0. The summed E-state index contributed by atoms with van der Waals surface area (Å²) in [6.45, 7) is 1.18. The summed E-state index contributed by atoms with van der Waals surface area (Å²) in [4.78, 5) is 15.8. The fraction of sp³-hybridized carbons (Fsp3) is 0.0870. The Hall–Kier alpha value is -3.44. The normalized spacial score (nSPS) is 12.8. The number of aromatic nitrogens is 1. The number of fused-ring (bicyclic) bond motifs is 2. The van der Waals surface area contributed by atoms with E-state index in [1.807, 2.05) is 36.4 Å². The minimum Gasteiger partial charge on any atom is -0.399 e. The number of halogens is 1. The van der Waals surface area contributed by atoms with Gasteiger partial charge in [0.1, 0.15) is 0 Å². The molecule has 0 atom stereocenters. The van der Waals surface area contributed by atoms with Crippen molar-refractivity contribution in [1.82, 2.24) is 10.3 Å². The van der Waals surface area contributed by atoms with Gasteiger partial charge in [-0.3, -0.25) is 4.79 Å². The largest absolute Gasteiger partial charge is 0.399 e. The van der Waals surface area contributed by atoms with Crippen molar-refractivity contribution in [2.24, 2.45) is 0 Å². The van der Waals surface area contributed by atoms with Crippen molar-refractivity contribution in [2.75, 3.05) is 11.1 Å². The molecule has 4 aromatic rings. The highest BCUT2D eigenvalue weighted by Gasteiger charge is 2.26. The number of hydrogen-bond acceptors (Lipinski definition) is 3. The number of carbonyl (C=O) groups excluding carboxylic acids is 1. The number of anilines is 2. The molecular weight excluding hydrogens is 384 g/mol. The first kappa shape index (κ1) is 17.6. The van der Waals surface area contributed by atoms with Gasteiger partial charge in [-0.2, -0.15) is 0 Å². The average Bonchev–Trinajstić information content (AvgIpc) is 3.32. The van der Waals surface area contributed by atoms with Gasteiger partial charge in [0.2, 0.25) is 0 Å². The number of amides is 1. The van der Waals surface area contributed by atoms with E-state index in [0.29, 0.717) is 23.7 Å². The second-order valence-corrected chi connectivity index (χ2v) is 7.62. The number of benzene rings is 3. The first-order chi connectivity index (χ1) is 14.1. The highest BCUT2D eigenvalue weighted by Crippen LogP contribution is 2.34. The van der Waals surface area contributed by atoms with Crippen LogP contribution in [0.4, 0.5) is 11.4 Å². The van der Waals surface area contributed by atoms with Gasteiger partial charge >= 0.3 is 0 Å². The molecule has 0 saturated carbocycles. The SMILES string of the molecule is Nc1ccc(NCc2ccc3[nH]c(-c4ccc(Cl)c5c4C(=O)NC5)cc3c2)cc1. The van der Waals surface area contributed by atoms with Crippen molar-refractivity contribution < 1.29 is 4.79 Å². The first-order valence-corrected chi connectivity index (χ1v) is 9.77. The van der Waals surface area contributed by atoms with Crippen LogP contribution in [-0.4, -0.2) is 10.9 Å². The van der Waals surface area contributed by atoms with E-state index in [-0.39, 0.29) is 5.91 Å². The van der Waals surface area contributed by atoms with E-state index in [1.165, 1.54) is 5.56 Å². The second kappa shape index (κ2) is 6.87. The molecule has 29 heavy (non-hydrogen) atoms. The summed E-state index contributed by atoms with van der Waals surface area (Å²) in [6, 6.07) is 19.8. The molecule has 1 aromatic heterocycles. The summed E-state index contributed by atoms with van der Waals surface area (Å²) in [6.07, 6.45) is 0. The van der Waals surface area contributed by atoms with Crippen LogP contribution in [0.3, 0.4) is 0 Å². The van der Waals surface area contributed by atoms with Crippen molar-refractivity contribution in [1.29, 1.82) is 0 Å². The quantitative estimate of drug-likeness (QED) is 0.365. The Balaban J connectivity index is 1.45. The molecule has 6 heteroatoms. The highest BCUT2D eigenvalue weighted by atomic mass is 35.5. The third kappa shape index (κ3) is 3.19. The smallest absolute Gasteiger partial charge is 0.252 e. The Kier molecular flexibility index (Phi) is 4.18. The number of hydrogen-bond donors (Lipinski definition) is 4. The van der Waals surface area contributed by atoms with Crippen LogP contribution in [-0.2, 0) is 13.1 Å². The molecule has 1 aliphatic heterocycles. The number of carbonyl (C=O) groups is 1. The van der Waals surface area contributed by atoms with Crippen molar-refractivity contribution in [3.8, 4) is 11.3 Å². The molecule has 0 aliphatic carbocycles. The molecule has 144 valence electrons. The van der Waals surface area contributed by atoms with Crippen LogP contribution in [0.1, 0.15) is 21.5 Å². The molecule has 0 saturated heterocycles. The summed E-state index contributed by atoms with van der Waals surface area (Å²) in [5.41, 5.74) is 13.0. The predicted octanol–water partition coefficient (Wildman–Crippen LogP) is 4.93. The summed E-state index contributed by atoms with van der Waals surface area (Å²) in [5.74, 6) is -0.0791. The maximum atomic E-state index is 12.3. The molecule has 2 heterocycles. The maximum Gasteiger partial charge on any atom is 0.252 e. The number of nitrogens with two attached hydrogens (primary N) is 1. The van der Waals surface area contributed by atoms with Gasteiger partial charge in [-0.15, -0.1) is 0 Å². The second-order valence-electron chi connectivity index (χ2n) is 7.21. The summed E-state index contributed by atoms with van der Waals surface area (Å²) in [7, 11) is 0. The Morgan fingerprint density at radius 2 is 1.86 bits per heavy atom. The van der Waals surface area contributed by atoms with Crippen LogP contribution in [0.25, 0.3) is 22.2 Å². The number of H-pyrrole nitrogens is 1. The standard InChI is InChI=1S/C23H19ClN4O/c24-19-7-6-17(22-18(19)12-27-23(22)29)21-10-14-9-13(1-8-20(14)28-21)11-26-16-4-2-15(25)3-5-16/h1-10,26,28H,11-12,25H2,(H,27,29). The Morgan fingerprint density at radius 3 is 2.69 bits per heavy atom. The van der Waals surface area contributed by atoms with Crippen LogP contribution < -0.4 is 16.4 Å². The Bertz CT molecular complexity index is 1240. The maximum absolute atomic E-state index is 12.3. The molecule has 0 bridgehead atoms. The fourth-order valence-corrected chi connectivity index (χ4v) is 4.00. The summed E-state index contributed by atoms with van der Waals surface area (Å²) < 4.78 is 0. The summed E-state index contributed by atoms with van der Waals surface area (Å²) in [5, 5.41) is 7.98. The minimum atomic E-state index is -0.0791. The van der Waals surface area contributed by atoms with E-state index in [0.717, 1.165) is 39.1 Å². The van der Waals surface area contributed by atoms with Gasteiger partial charge in [-0.1, -0.05) is 23.7 Å². The lowest BCUT2D eigenvalue weighted by molar-refractivity contribution is 0.0966. The van der Waals surface area contributed by atoms with E-state index < -0.39 is 0 Å². The Morgan fingerprint density at radius 1 is 1.03 bits per heavy atom. The van der Waals surface area contributed by atoms with Gasteiger partial charge in [0, 0.05) is 57.2 Å². The molecule has 0 radical (unpaired) electrons. The summed E-state index contributed by atoms with van der Waals surface area (Å²) >= 11 is 6.27. The average molecular weight is 403 g/mol. The highest BCUT2D eigenvalue weighted by molar-refractivity contribution is 6.32. The van der Waals surface area contributed by atoms with Gasteiger partial charge in [0.25, 0.3) is 5.91 Å². The van der Waals surface area contributed by atoms with Gasteiger partial charge < -0.3 is 21.4 Å².